The summed E-state index contributed by atoms with van der Waals surface area (Å²) in [6.45, 7) is 2.07. The van der Waals surface area contributed by atoms with Crippen molar-refractivity contribution in [1.82, 2.24) is 0 Å². The summed E-state index contributed by atoms with van der Waals surface area (Å²) >= 11 is 0. The second-order valence-electron chi connectivity index (χ2n) is 4.34. The Labute approximate surface area is 123 Å². The van der Waals surface area contributed by atoms with Crippen LogP contribution in [-0.2, 0) is 4.74 Å². The Bertz CT molecular complexity index is 641. The number of hydrogen-bond donors (Lipinski definition) is 2. The fraction of sp³-hybridized carbons (Fsp3) is 0.188. The van der Waals surface area contributed by atoms with E-state index in [1.807, 2.05) is 24.3 Å². The van der Waals surface area contributed by atoms with Gasteiger partial charge in [0, 0.05) is 11.8 Å². The van der Waals surface area contributed by atoms with E-state index in [2.05, 4.69) is 5.32 Å². The van der Waals surface area contributed by atoms with Crippen LogP contribution in [0.15, 0.2) is 42.5 Å². The average molecular weight is 286 g/mol. The van der Waals surface area contributed by atoms with Gasteiger partial charge in [0.1, 0.15) is 5.75 Å². The topological polar surface area (TPSA) is 73.6 Å². The van der Waals surface area contributed by atoms with Gasteiger partial charge in [0.25, 0.3) is 0 Å². The van der Waals surface area contributed by atoms with E-state index in [0.29, 0.717) is 23.5 Å². The molecule has 0 aliphatic rings. The quantitative estimate of drug-likeness (QED) is 0.652. The van der Waals surface area contributed by atoms with Gasteiger partial charge in [0.05, 0.1) is 30.7 Å². The molecule has 5 nitrogen and oxygen atoms in total. The van der Waals surface area contributed by atoms with Crippen LogP contribution in [0.2, 0.25) is 0 Å². The van der Waals surface area contributed by atoms with Gasteiger partial charge in [-0.25, -0.2) is 4.79 Å². The van der Waals surface area contributed by atoms with Crippen molar-refractivity contribution in [3.63, 3.8) is 0 Å². The van der Waals surface area contributed by atoms with Gasteiger partial charge in [-0.1, -0.05) is 12.1 Å². The lowest BCUT2D eigenvalue weighted by Crippen LogP contribution is -2.09. The second kappa shape index (κ2) is 6.65. The van der Waals surface area contributed by atoms with Crippen LogP contribution < -0.4 is 15.8 Å². The summed E-state index contributed by atoms with van der Waals surface area (Å²) < 4.78 is 10.2. The van der Waals surface area contributed by atoms with Crippen LogP contribution in [0.5, 0.6) is 5.75 Å². The molecular weight excluding hydrogens is 268 g/mol. The minimum Gasteiger partial charge on any atom is -0.497 e. The number of nitrogens with one attached hydrogen (secondary N) is 1. The number of carbonyl (C=O) groups excluding carboxylic acids is 1. The van der Waals surface area contributed by atoms with E-state index in [1.54, 1.807) is 32.2 Å². The predicted octanol–water partition coefficient (Wildman–Crippen LogP) is 3.20. The van der Waals surface area contributed by atoms with Crippen LogP contribution in [0.25, 0.3) is 0 Å². The molecule has 0 aliphatic heterocycles. The summed E-state index contributed by atoms with van der Waals surface area (Å²) in [5.74, 6) is 0.310. The van der Waals surface area contributed by atoms with Crippen molar-refractivity contribution in [2.24, 2.45) is 0 Å². The van der Waals surface area contributed by atoms with E-state index in [0.717, 1.165) is 11.4 Å². The Morgan fingerprint density at radius 1 is 1.24 bits per heavy atom. The molecule has 0 atom stereocenters. The normalized spacial score (nSPS) is 10.0. The first-order valence-corrected chi connectivity index (χ1v) is 6.62. The zero-order chi connectivity index (χ0) is 15.2. The zero-order valence-electron chi connectivity index (χ0n) is 12.1. The summed E-state index contributed by atoms with van der Waals surface area (Å²) in [5, 5.41) is 3.17. The molecule has 0 spiro atoms. The van der Waals surface area contributed by atoms with E-state index in [1.165, 1.54) is 0 Å². The van der Waals surface area contributed by atoms with Crippen molar-refractivity contribution < 1.29 is 14.3 Å². The van der Waals surface area contributed by atoms with Crippen LogP contribution in [0.1, 0.15) is 17.3 Å². The van der Waals surface area contributed by atoms with Crippen molar-refractivity contribution in [1.29, 1.82) is 0 Å². The molecule has 0 saturated carbocycles. The Kier molecular flexibility index (Phi) is 4.66. The van der Waals surface area contributed by atoms with Gasteiger partial charge in [-0.15, -0.1) is 0 Å². The molecule has 2 aromatic rings. The number of ether oxygens (including phenoxy) is 2. The smallest absolute Gasteiger partial charge is 0.340 e. The molecule has 3 N–H and O–H groups in total. The van der Waals surface area contributed by atoms with Crippen molar-refractivity contribution in [2.45, 2.75) is 6.92 Å². The highest BCUT2D eigenvalue weighted by Crippen LogP contribution is 2.28. The highest BCUT2D eigenvalue weighted by molar-refractivity contribution is 5.98. The molecular formula is C16H18N2O3. The van der Waals surface area contributed by atoms with Crippen LogP contribution >= 0.6 is 0 Å². The molecule has 0 aromatic heterocycles. The minimum atomic E-state index is -0.427. The largest absolute Gasteiger partial charge is 0.497 e. The lowest BCUT2D eigenvalue weighted by Gasteiger charge is -2.13. The molecule has 0 fully saturated rings. The number of hydrogen-bond acceptors (Lipinski definition) is 5. The Morgan fingerprint density at radius 2 is 2.00 bits per heavy atom. The van der Waals surface area contributed by atoms with E-state index in [9.17, 15) is 4.79 Å². The van der Waals surface area contributed by atoms with Crippen molar-refractivity contribution in [2.75, 3.05) is 24.8 Å². The second-order valence-corrected chi connectivity index (χ2v) is 4.34. The number of rotatable bonds is 5. The third-order valence-corrected chi connectivity index (χ3v) is 2.95. The fourth-order valence-corrected chi connectivity index (χ4v) is 1.92. The standard InChI is InChI=1S/C16H18N2O3/c1-3-21-16(19)13-8-5-9-14(15(13)17)18-11-6-4-7-12(10-11)20-2/h4-10,18H,3,17H2,1-2H3. The number of benzene rings is 2. The highest BCUT2D eigenvalue weighted by atomic mass is 16.5. The number of anilines is 3. The van der Waals surface area contributed by atoms with Gasteiger partial charge in [0.15, 0.2) is 0 Å². The highest BCUT2D eigenvalue weighted by Gasteiger charge is 2.13. The monoisotopic (exact) mass is 286 g/mol. The SMILES string of the molecule is CCOC(=O)c1cccc(Nc2cccc(OC)c2)c1N. The first-order chi connectivity index (χ1) is 10.2. The molecule has 0 unspecified atom stereocenters. The number of para-hydroxylation sites is 1. The van der Waals surface area contributed by atoms with Gasteiger partial charge in [-0.05, 0) is 31.2 Å². The van der Waals surface area contributed by atoms with Crippen molar-refractivity contribution in [3.8, 4) is 5.75 Å². The van der Waals surface area contributed by atoms with Crippen molar-refractivity contribution >= 4 is 23.0 Å². The molecule has 0 bridgehead atoms. The van der Waals surface area contributed by atoms with Gasteiger partial charge in [0.2, 0.25) is 0 Å². The average Bonchev–Trinajstić information content (AvgIpc) is 2.50. The maximum atomic E-state index is 11.8. The Hall–Kier alpha value is -2.69. The lowest BCUT2D eigenvalue weighted by atomic mass is 10.1. The van der Waals surface area contributed by atoms with Gasteiger partial charge < -0.3 is 20.5 Å². The molecule has 2 aromatic carbocycles. The minimum absolute atomic E-state index is 0.311. The van der Waals surface area contributed by atoms with E-state index in [4.69, 9.17) is 15.2 Å². The van der Waals surface area contributed by atoms with Gasteiger partial charge >= 0.3 is 5.97 Å². The lowest BCUT2D eigenvalue weighted by molar-refractivity contribution is 0.0527. The van der Waals surface area contributed by atoms with E-state index in [-0.39, 0.29) is 0 Å². The number of methoxy groups -OCH3 is 1. The summed E-state index contributed by atoms with van der Waals surface area (Å²) in [6, 6.07) is 12.7. The van der Waals surface area contributed by atoms with Crippen LogP contribution in [0, 0.1) is 0 Å². The number of esters is 1. The van der Waals surface area contributed by atoms with Crippen LogP contribution in [0.3, 0.4) is 0 Å². The molecule has 21 heavy (non-hydrogen) atoms. The van der Waals surface area contributed by atoms with Gasteiger partial charge in [-0.2, -0.15) is 0 Å². The Morgan fingerprint density at radius 3 is 2.71 bits per heavy atom. The summed E-state index contributed by atoms with van der Waals surface area (Å²) in [4.78, 5) is 11.8. The molecule has 0 radical (unpaired) electrons. The Balaban J connectivity index is 2.28. The van der Waals surface area contributed by atoms with Crippen LogP contribution in [0.4, 0.5) is 17.1 Å². The zero-order valence-corrected chi connectivity index (χ0v) is 12.1. The molecule has 2 rings (SSSR count). The number of nitrogen functional groups attached to an aromatic ring is 1. The third-order valence-electron chi connectivity index (χ3n) is 2.95. The summed E-state index contributed by atoms with van der Waals surface area (Å²) in [5.41, 5.74) is 8.22. The van der Waals surface area contributed by atoms with E-state index < -0.39 is 5.97 Å². The maximum Gasteiger partial charge on any atom is 0.340 e. The first-order valence-electron chi connectivity index (χ1n) is 6.62. The number of carbonyl (C=O) groups is 1. The predicted molar refractivity (Wildman–Crippen MR) is 83.1 cm³/mol. The number of nitrogens with two attached hydrogens (primary N) is 1. The molecule has 110 valence electrons. The van der Waals surface area contributed by atoms with E-state index >= 15 is 0 Å². The summed E-state index contributed by atoms with van der Waals surface area (Å²) in [7, 11) is 1.61. The molecule has 0 amide bonds. The molecule has 0 aliphatic carbocycles. The van der Waals surface area contributed by atoms with Gasteiger partial charge in [-0.3, -0.25) is 0 Å². The fourth-order valence-electron chi connectivity index (χ4n) is 1.92. The van der Waals surface area contributed by atoms with Crippen LogP contribution in [-0.4, -0.2) is 19.7 Å². The third kappa shape index (κ3) is 3.45. The molecule has 0 heterocycles. The molecule has 0 saturated heterocycles. The molecule has 5 heteroatoms. The first kappa shape index (κ1) is 14.7. The maximum absolute atomic E-state index is 11.8. The summed E-state index contributed by atoms with van der Waals surface area (Å²) in [6.07, 6.45) is 0. The van der Waals surface area contributed by atoms with Crippen molar-refractivity contribution in [3.05, 3.63) is 48.0 Å².